The number of benzene rings is 2. The predicted octanol–water partition coefficient (Wildman–Crippen LogP) is 5.11. The normalized spacial score (nSPS) is 10.9. The van der Waals surface area contributed by atoms with Crippen LogP contribution in [0.5, 0.6) is 5.75 Å². The Bertz CT molecular complexity index is 856. The Hall–Kier alpha value is -1.30. The van der Waals surface area contributed by atoms with Crippen LogP contribution >= 0.6 is 39.7 Å². The third-order valence-electron chi connectivity index (χ3n) is 3.04. The van der Waals surface area contributed by atoms with Gasteiger partial charge in [0.15, 0.2) is 4.77 Å². The second-order valence-corrected chi connectivity index (χ2v) is 5.92. The number of aromatic nitrogens is 2. The highest BCUT2D eigenvalue weighted by atomic mass is 79.9. The number of halogens is 2. The first-order valence-corrected chi connectivity index (χ1v) is 7.42. The van der Waals surface area contributed by atoms with Gasteiger partial charge in [-0.05, 0) is 58.5 Å². The molecule has 0 saturated carbocycles. The molecule has 0 aliphatic carbocycles. The molecule has 0 atom stereocenters. The minimum atomic E-state index is 0.622. The zero-order chi connectivity index (χ0) is 14.3. The van der Waals surface area contributed by atoms with Gasteiger partial charge in [-0.2, -0.15) is 0 Å². The first-order valence-electron chi connectivity index (χ1n) is 5.84. The van der Waals surface area contributed by atoms with E-state index in [1.165, 1.54) is 0 Å². The van der Waals surface area contributed by atoms with Crippen molar-refractivity contribution in [3.8, 4) is 11.4 Å². The third kappa shape index (κ3) is 2.26. The lowest BCUT2D eigenvalue weighted by Crippen LogP contribution is -1.95. The van der Waals surface area contributed by atoms with Crippen molar-refractivity contribution in [1.29, 1.82) is 0 Å². The summed E-state index contributed by atoms with van der Waals surface area (Å²) in [5.41, 5.74) is 2.85. The van der Waals surface area contributed by atoms with E-state index in [1.807, 2.05) is 41.0 Å². The Morgan fingerprint density at radius 2 is 2.05 bits per heavy atom. The molecule has 0 spiro atoms. The van der Waals surface area contributed by atoms with Gasteiger partial charge in [0, 0.05) is 15.6 Å². The van der Waals surface area contributed by atoms with Crippen molar-refractivity contribution in [3.63, 3.8) is 0 Å². The van der Waals surface area contributed by atoms with E-state index in [9.17, 15) is 0 Å². The van der Waals surface area contributed by atoms with Crippen LogP contribution in [0, 0.1) is 4.77 Å². The molecule has 20 heavy (non-hydrogen) atoms. The van der Waals surface area contributed by atoms with Crippen molar-refractivity contribution in [1.82, 2.24) is 9.55 Å². The molecule has 1 heterocycles. The number of nitrogens with one attached hydrogen (secondary N) is 1. The fourth-order valence-corrected chi connectivity index (χ4v) is 3.29. The first-order chi connectivity index (χ1) is 9.60. The standard InChI is InChI=1S/C14H10BrClN2OS/c1-19-9-3-5-13-11(7-9)17-14(20)18(13)12-4-2-8(16)6-10(12)15/h2-7H,1H3,(H,17,20). The summed E-state index contributed by atoms with van der Waals surface area (Å²) in [7, 11) is 1.64. The van der Waals surface area contributed by atoms with Gasteiger partial charge in [0.05, 0.1) is 23.8 Å². The van der Waals surface area contributed by atoms with Gasteiger partial charge >= 0.3 is 0 Å². The van der Waals surface area contributed by atoms with E-state index >= 15 is 0 Å². The van der Waals surface area contributed by atoms with E-state index in [1.54, 1.807) is 7.11 Å². The molecular formula is C14H10BrClN2OS. The van der Waals surface area contributed by atoms with Crippen LogP contribution in [-0.2, 0) is 0 Å². The topological polar surface area (TPSA) is 29.9 Å². The fourth-order valence-electron chi connectivity index (χ4n) is 2.12. The summed E-state index contributed by atoms with van der Waals surface area (Å²) in [6, 6.07) is 11.4. The van der Waals surface area contributed by atoms with Gasteiger partial charge in [0.1, 0.15) is 5.75 Å². The number of fused-ring (bicyclic) bond motifs is 1. The maximum Gasteiger partial charge on any atom is 0.182 e. The first kappa shape index (κ1) is 13.7. The van der Waals surface area contributed by atoms with Crippen LogP contribution < -0.4 is 4.74 Å². The summed E-state index contributed by atoms with van der Waals surface area (Å²) in [5.74, 6) is 0.788. The van der Waals surface area contributed by atoms with Gasteiger partial charge in [0.2, 0.25) is 0 Å². The highest BCUT2D eigenvalue weighted by Gasteiger charge is 2.10. The molecule has 0 fully saturated rings. The highest BCUT2D eigenvalue weighted by Crippen LogP contribution is 2.29. The van der Waals surface area contributed by atoms with Crippen molar-refractivity contribution in [2.45, 2.75) is 0 Å². The average molecular weight is 370 g/mol. The van der Waals surface area contributed by atoms with Crippen LogP contribution in [0.25, 0.3) is 16.7 Å². The molecule has 0 aliphatic rings. The van der Waals surface area contributed by atoms with E-state index in [2.05, 4.69) is 20.9 Å². The molecule has 0 bridgehead atoms. The van der Waals surface area contributed by atoms with Gasteiger partial charge in [-0.1, -0.05) is 11.6 Å². The summed E-state index contributed by atoms with van der Waals surface area (Å²) in [6.07, 6.45) is 0. The monoisotopic (exact) mass is 368 g/mol. The maximum atomic E-state index is 5.99. The lowest BCUT2D eigenvalue weighted by molar-refractivity contribution is 0.415. The third-order valence-corrected chi connectivity index (χ3v) is 4.19. The summed E-state index contributed by atoms with van der Waals surface area (Å²) >= 11 is 14.9. The Kier molecular flexibility index (Phi) is 3.58. The average Bonchev–Trinajstić information content (AvgIpc) is 2.74. The molecule has 3 aromatic rings. The summed E-state index contributed by atoms with van der Waals surface area (Å²) in [6.45, 7) is 0. The number of hydrogen-bond acceptors (Lipinski definition) is 2. The molecule has 3 nitrogen and oxygen atoms in total. The van der Waals surface area contributed by atoms with Crippen LogP contribution in [0.1, 0.15) is 0 Å². The molecule has 2 aromatic carbocycles. The second-order valence-electron chi connectivity index (χ2n) is 4.24. The van der Waals surface area contributed by atoms with E-state index in [4.69, 9.17) is 28.6 Å². The van der Waals surface area contributed by atoms with Crippen molar-refractivity contribution >= 4 is 50.8 Å². The fraction of sp³-hybridized carbons (Fsp3) is 0.0714. The van der Waals surface area contributed by atoms with Crippen molar-refractivity contribution < 1.29 is 4.74 Å². The molecule has 102 valence electrons. The molecule has 0 unspecified atom stereocenters. The van der Waals surface area contributed by atoms with Crippen LogP contribution in [0.4, 0.5) is 0 Å². The summed E-state index contributed by atoms with van der Waals surface area (Å²) in [5, 5.41) is 0.675. The Morgan fingerprint density at radius 3 is 2.75 bits per heavy atom. The predicted molar refractivity (Wildman–Crippen MR) is 87.7 cm³/mol. The van der Waals surface area contributed by atoms with Crippen LogP contribution in [0.2, 0.25) is 5.02 Å². The molecule has 3 rings (SSSR count). The number of ether oxygens (including phenoxy) is 1. The molecular weight excluding hydrogens is 360 g/mol. The zero-order valence-electron chi connectivity index (χ0n) is 10.5. The van der Waals surface area contributed by atoms with Crippen molar-refractivity contribution in [2.75, 3.05) is 7.11 Å². The summed E-state index contributed by atoms with van der Waals surface area (Å²) < 4.78 is 8.70. The molecule has 6 heteroatoms. The van der Waals surface area contributed by atoms with Crippen LogP contribution in [0.15, 0.2) is 40.9 Å². The number of methoxy groups -OCH3 is 1. The number of rotatable bonds is 2. The Morgan fingerprint density at radius 1 is 1.25 bits per heavy atom. The van der Waals surface area contributed by atoms with E-state index in [-0.39, 0.29) is 0 Å². The van der Waals surface area contributed by atoms with E-state index in [0.29, 0.717) is 9.79 Å². The molecule has 0 radical (unpaired) electrons. The molecule has 0 amide bonds. The van der Waals surface area contributed by atoms with E-state index in [0.717, 1.165) is 26.9 Å². The van der Waals surface area contributed by atoms with Gasteiger partial charge in [-0.15, -0.1) is 0 Å². The Labute approximate surface area is 134 Å². The molecule has 0 aliphatic heterocycles. The molecule has 1 N–H and O–H groups in total. The number of aromatic amines is 1. The lowest BCUT2D eigenvalue weighted by Gasteiger charge is -2.08. The zero-order valence-corrected chi connectivity index (χ0v) is 13.6. The number of H-pyrrole nitrogens is 1. The minimum absolute atomic E-state index is 0.622. The van der Waals surface area contributed by atoms with Gasteiger partial charge in [0.25, 0.3) is 0 Å². The van der Waals surface area contributed by atoms with Crippen LogP contribution in [0.3, 0.4) is 0 Å². The maximum absolute atomic E-state index is 5.99. The second kappa shape index (κ2) is 5.24. The lowest BCUT2D eigenvalue weighted by atomic mass is 10.2. The van der Waals surface area contributed by atoms with Crippen molar-refractivity contribution in [2.24, 2.45) is 0 Å². The largest absolute Gasteiger partial charge is 0.497 e. The summed E-state index contributed by atoms with van der Waals surface area (Å²) in [4.78, 5) is 3.19. The van der Waals surface area contributed by atoms with Gasteiger partial charge < -0.3 is 9.72 Å². The van der Waals surface area contributed by atoms with Gasteiger partial charge in [-0.3, -0.25) is 4.57 Å². The number of imidazole rings is 1. The highest BCUT2D eigenvalue weighted by molar-refractivity contribution is 9.10. The van der Waals surface area contributed by atoms with E-state index < -0.39 is 0 Å². The molecule has 0 saturated heterocycles. The SMILES string of the molecule is COc1ccc2c(c1)[nH]c(=S)n2-c1ccc(Cl)cc1Br. The van der Waals surface area contributed by atoms with Crippen molar-refractivity contribution in [3.05, 3.63) is 50.7 Å². The number of hydrogen-bond donors (Lipinski definition) is 1. The molecule has 1 aromatic heterocycles. The Balaban J connectivity index is 2.31. The number of nitrogens with zero attached hydrogens (tertiary/aromatic N) is 1. The van der Waals surface area contributed by atoms with Crippen LogP contribution in [-0.4, -0.2) is 16.7 Å². The minimum Gasteiger partial charge on any atom is -0.497 e. The smallest absolute Gasteiger partial charge is 0.182 e. The quantitative estimate of drug-likeness (QED) is 0.636. The van der Waals surface area contributed by atoms with Gasteiger partial charge in [-0.25, -0.2) is 0 Å².